The van der Waals surface area contributed by atoms with E-state index in [9.17, 15) is 0 Å². The van der Waals surface area contributed by atoms with Crippen molar-refractivity contribution in [2.24, 2.45) is 0 Å². The maximum Gasteiger partial charge on any atom is 0.143 e. The number of anilines is 3. The fourth-order valence-electron chi connectivity index (χ4n) is 8.58. The minimum atomic E-state index is 0.905. The van der Waals surface area contributed by atoms with Gasteiger partial charge in [-0.05, 0) is 97.4 Å². The van der Waals surface area contributed by atoms with E-state index < -0.39 is 0 Å². The Hall–Kier alpha value is -7.68. The molecule has 1 aromatic heterocycles. The smallest absolute Gasteiger partial charge is 0.143 e. The summed E-state index contributed by atoms with van der Waals surface area (Å²) in [4.78, 5) is 2.38. The predicted molar refractivity (Wildman–Crippen MR) is 245 cm³/mol. The Labute approximate surface area is 337 Å². The number of furan rings is 1. The van der Waals surface area contributed by atoms with Crippen molar-refractivity contribution in [1.82, 2.24) is 0 Å². The molecular formula is C56H37NO. The molecule has 11 rings (SSSR count). The van der Waals surface area contributed by atoms with Gasteiger partial charge < -0.3 is 9.32 Å². The molecule has 10 aromatic carbocycles. The van der Waals surface area contributed by atoms with Crippen LogP contribution in [0.5, 0.6) is 0 Å². The first kappa shape index (κ1) is 33.6. The summed E-state index contributed by atoms with van der Waals surface area (Å²) in [6.07, 6.45) is 0. The molecule has 0 saturated heterocycles. The van der Waals surface area contributed by atoms with Crippen LogP contribution in [0.3, 0.4) is 0 Å². The summed E-state index contributed by atoms with van der Waals surface area (Å²) in [5.74, 6) is 0. The number of rotatable bonds is 7. The van der Waals surface area contributed by atoms with E-state index in [1.54, 1.807) is 0 Å². The lowest BCUT2D eigenvalue weighted by Gasteiger charge is -2.28. The van der Waals surface area contributed by atoms with Crippen molar-refractivity contribution in [3.05, 3.63) is 224 Å². The lowest BCUT2D eigenvalue weighted by Crippen LogP contribution is -2.11. The number of hydrogen-bond acceptors (Lipinski definition) is 2. The summed E-state index contributed by atoms with van der Waals surface area (Å²) >= 11 is 0. The van der Waals surface area contributed by atoms with E-state index in [1.165, 1.54) is 54.9 Å². The Kier molecular flexibility index (Phi) is 8.19. The fourth-order valence-corrected chi connectivity index (χ4v) is 8.58. The van der Waals surface area contributed by atoms with Crippen molar-refractivity contribution in [2.45, 2.75) is 0 Å². The van der Waals surface area contributed by atoms with Crippen LogP contribution in [-0.4, -0.2) is 0 Å². The highest BCUT2D eigenvalue weighted by molar-refractivity contribution is 6.09. The number of fused-ring (bicyclic) bond motifs is 5. The second-order valence-electron chi connectivity index (χ2n) is 14.9. The summed E-state index contributed by atoms with van der Waals surface area (Å²) in [5.41, 5.74) is 14.4. The van der Waals surface area contributed by atoms with Gasteiger partial charge in [0, 0.05) is 33.3 Å². The normalized spacial score (nSPS) is 11.4. The molecule has 0 aliphatic carbocycles. The number of nitrogens with zero attached hydrogens (tertiary/aromatic N) is 1. The van der Waals surface area contributed by atoms with Crippen molar-refractivity contribution in [1.29, 1.82) is 0 Å². The molecule has 0 spiro atoms. The molecule has 0 unspecified atom stereocenters. The average molecular weight is 740 g/mol. The van der Waals surface area contributed by atoms with Gasteiger partial charge in [0.1, 0.15) is 11.2 Å². The maximum atomic E-state index is 6.44. The van der Waals surface area contributed by atoms with E-state index in [1.807, 2.05) is 12.1 Å². The minimum absolute atomic E-state index is 0.905. The van der Waals surface area contributed by atoms with E-state index in [0.717, 1.165) is 50.1 Å². The molecule has 0 saturated carbocycles. The summed E-state index contributed by atoms with van der Waals surface area (Å²) in [6, 6.07) is 80.7. The molecule has 0 aliphatic heterocycles. The van der Waals surface area contributed by atoms with Gasteiger partial charge in [0.2, 0.25) is 0 Å². The maximum absolute atomic E-state index is 6.44. The highest BCUT2D eigenvalue weighted by Crippen LogP contribution is 2.44. The summed E-state index contributed by atoms with van der Waals surface area (Å²) in [6.45, 7) is 0. The number of hydrogen-bond donors (Lipinski definition) is 0. The van der Waals surface area contributed by atoms with Crippen molar-refractivity contribution < 1.29 is 4.42 Å². The zero-order chi connectivity index (χ0) is 38.4. The first-order valence-electron chi connectivity index (χ1n) is 19.8. The van der Waals surface area contributed by atoms with Crippen LogP contribution >= 0.6 is 0 Å². The van der Waals surface area contributed by atoms with E-state index in [0.29, 0.717) is 0 Å². The van der Waals surface area contributed by atoms with Crippen LogP contribution in [0, 0.1) is 0 Å². The Morgan fingerprint density at radius 1 is 0.293 bits per heavy atom. The molecule has 11 aromatic rings. The Morgan fingerprint density at radius 3 is 1.57 bits per heavy atom. The zero-order valence-corrected chi connectivity index (χ0v) is 31.7. The monoisotopic (exact) mass is 739 g/mol. The zero-order valence-electron chi connectivity index (χ0n) is 31.7. The topological polar surface area (TPSA) is 16.4 Å². The first-order chi connectivity index (χ1) is 28.7. The molecule has 0 amide bonds. The van der Waals surface area contributed by atoms with Gasteiger partial charge in [0.15, 0.2) is 0 Å². The average Bonchev–Trinajstić information content (AvgIpc) is 3.69. The van der Waals surface area contributed by atoms with Crippen molar-refractivity contribution >= 4 is 60.5 Å². The van der Waals surface area contributed by atoms with Gasteiger partial charge in [-0.25, -0.2) is 0 Å². The van der Waals surface area contributed by atoms with Gasteiger partial charge in [-0.15, -0.1) is 0 Å². The van der Waals surface area contributed by atoms with Gasteiger partial charge in [-0.1, -0.05) is 182 Å². The Balaban J connectivity index is 0.994. The highest BCUT2D eigenvalue weighted by atomic mass is 16.3. The molecule has 0 bridgehead atoms. The molecule has 58 heavy (non-hydrogen) atoms. The largest absolute Gasteiger partial charge is 0.455 e. The van der Waals surface area contributed by atoms with Crippen molar-refractivity contribution in [3.8, 4) is 44.5 Å². The molecule has 1 heterocycles. The molecule has 0 N–H and O–H groups in total. The van der Waals surface area contributed by atoms with Gasteiger partial charge in [0.05, 0.1) is 5.69 Å². The van der Waals surface area contributed by atoms with Gasteiger partial charge in [0.25, 0.3) is 0 Å². The third-order valence-electron chi connectivity index (χ3n) is 11.5. The molecule has 2 nitrogen and oxygen atoms in total. The molecular weight excluding hydrogens is 703 g/mol. The lowest BCUT2D eigenvalue weighted by molar-refractivity contribution is 0.670. The summed E-state index contributed by atoms with van der Waals surface area (Å²) < 4.78 is 6.44. The van der Waals surface area contributed by atoms with E-state index in [4.69, 9.17) is 4.42 Å². The SMILES string of the molecule is c1ccc(N(c2ccc(-c3ccc(-c4ccc5ccccc5c4)cc3)cc2)c2ccc(-c3cccc4c3oc3ccccc34)cc2)c(-c2cccc3ccccc23)c1. The summed E-state index contributed by atoms with van der Waals surface area (Å²) in [5, 5.41) is 7.23. The summed E-state index contributed by atoms with van der Waals surface area (Å²) in [7, 11) is 0. The third kappa shape index (κ3) is 5.91. The van der Waals surface area contributed by atoms with Gasteiger partial charge >= 0.3 is 0 Å². The van der Waals surface area contributed by atoms with Crippen LogP contribution in [0.2, 0.25) is 0 Å². The molecule has 0 fully saturated rings. The molecule has 272 valence electrons. The van der Waals surface area contributed by atoms with Crippen LogP contribution in [0.1, 0.15) is 0 Å². The quantitative estimate of drug-likeness (QED) is 0.162. The first-order valence-corrected chi connectivity index (χ1v) is 19.8. The highest BCUT2D eigenvalue weighted by Gasteiger charge is 2.19. The molecule has 0 radical (unpaired) electrons. The van der Waals surface area contributed by atoms with Crippen LogP contribution in [0.4, 0.5) is 17.1 Å². The number of benzene rings is 10. The van der Waals surface area contributed by atoms with Gasteiger partial charge in [-0.2, -0.15) is 0 Å². The lowest BCUT2D eigenvalue weighted by atomic mass is 9.95. The molecule has 2 heteroatoms. The Morgan fingerprint density at radius 2 is 0.793 bits per heavy atom. The minimum Gasteiger partial charge on any atom is -0.455 e. The van der Waals surface area contributed by atoms with E-state index >= 15 is 0 Å². The molecule has 0 aliphatic rings. The Bertz CT molecular complexity index is 3260. The second kappa shape index (κ2) is 14.1. The van der Waals surface area contributed by atoms with Crippen LogP contribution in [-0.2, 0) is 0 Å². The van der Waals surface area contributed by atoms with E-state index in [2.05, 4.69) is 217 Å². The predicted octanol–water partition coefficient (Wildman–Crippen LogP) is 16.0. The van der Waals surface area contributed by atoms with Gasteiger partial charge in [-0.3, -0.25) is 0 Å². The van der Waals surface area contributed by atoms with E-state index in [-0.39, 0.29) is 0 Å². The fraction of sp³-hybridized carbons (Fsp3) is 0. The molecule has 0 atom stereocenters. The third-order valence-corrected chi connectivity index (χ3v) is 11.5. The van der Waals surface area contributed by atoms with Crippen LogP contribution in [0.25, 0.3) is 88.0 Å². The van der Waals surface area contributed by atoms with Crippen molar-refractivity contribution in [2.75, 3.05) is 4.90 Å². The second-order valence-corrected chi connectivity index (χ2v) is 14.9. The van der Waals surface area contributed by atoms with Crippen LogP contribution < -0.4 is 4.90 Å². The standard InChI is InChI=1S/C56H37NO/c1-2-13-44-37-45(28-27-38(44)11-1)41-25-23-39(24-26-41)40-29-33-46(34-30-40)57(54-21-7-5-16-51(54)50-19-9-14-42-12-3-4-15-48(42)50)47-35-31-43(32-36-47)49-18-10-20-53-52-17-6-8-22-55(52)58-56(49)53/h1-37H. The van der Waals surface area contributed by atoms with Crippen molar-refractivity contribution in [3.63, 3.8) is 0 Å². The van der Waals surface area contributed by atoms with Crippen LogP contribution in [0.15, 0.2) is 229 Å². The number of para-hydroxylation sites is 3.